The lowest BCUT2D eigenvalue weighted by Crippen LogP contribution is -2.32. The molecule has 102 valence electrons. The van der Waals surface area contributed by atoms with E-state index in [1.807, 2.05) is 30.9 Å². The summed E-state index contributed by atoms with van der Waals surface area (Å²) in [6.07, 6.45) is 0.695. The van der Waals surface area contributed by atoms with Crippen molar-refractivity contribution in [2.45, 2.75) is 32.7 Å². The number of carboxylic acids is 1. The van der Waals surface area contributed by atoms with E-state index in [4.69, 9.17) is 22.0 Å². The van der Waals surface area contributed by atoms with Gasteiger partial charge >= 0.3 is 5.97 Å². The zero-order valence-electron chi connectivity index (χ0n) is 11.1. The molecule has 0 aliphatic heterocycles. The predicted molar refractivity (Wildman–Crippen MR) is 75.5 cm³/mol. The Labute approximate surface area is 118 Å². The number of hydrogen-bond acceptors (Lipinski definition) is 3. The van der Waals surface area contributed by atoms with Crippen molar-refractivity contribution in [3.63, 3.8) is 0 Å². The molecule has 0 bridgehead atoms. The van der Waals surface area contributed by atoms with E-state index in [-0.39, 0.29) is 12.5 Å². The average molecular weight is 281 g/mol. The minimum absolute atomic E-state index is 0.136. The number of halogens is 1. The van der Waals surface area contributed by atoms with Crippen LogP contribution >= 0.6 is 11.6 Å². The van der Waals surface area contributed by atoms with Gasteiger partial charge in [-0.15, -0.1) is 0 Å². The molecule has 0 radical (unpaired) electrons. The van der Waals surface area contributed by atoms with Crippen molar-refractivity contribution in [2.24, 2.45) is 0 Å². The minimum atomic E-state index is -0.797. The maximum Gasteiger partial charge on any atom is 0.303 e. The number of hydrogen-bond donors (Lipinski definition) is 1. The molecule has 0 unspecified atom stereocenters. The van der Waals surface area contributed by atoms with E-state index >= 15 is 0 Å². The van der Waals surface area contributed by atoms with Crippen molar-refractivity contribution in [2.75, 3.05) is 11.4 Å². The highest BCUT2D eigenvalue weighted by atomic mass is 35.5. The summed E-state index contributed by atoms with van der Waals surface area (Å²) in [4.78, 5) is 12.6. The average Bonchev–Trinajstić information content (AvgIpc) is 2.34. The van der Waals surface area contributed by atoms with Crippen molar-refractivity contribution >= 4 is 23.3 Å². The number of rotatable bonds is 6. The number of nitrogens with zero attached hydrogens (tertiary/aromatic N) is 2. The molecule has 1 aromatic carbocycles. The maximum absolute atomic E-state index is 10.6. The first-order valence-corrected chi connectivity index (χ1v) is 6.51. The smallest absolute Gasteiger partial charge is 0.303 e. The van der Waals surface area contributed by atoms with Crippen LogP contribution in [0, 0.1) is 11.3 Å². The van der Waals surface area contributed by atoms with Crippen LogP contribution in [0.5, 0.6) is 0 Å². The molecule has 5 heteroatoms. The fourth-order valence-electron chi connectivity index (χ4n) is 1.87. The fourth-order valence-corrected chi connectivity index (χ4v) is 2.16. The Balaban J connectivity index is 2.87. The number of carbonyl (C=O) groups is 1. The SMILES string of the molecule is CC(C)N(CCCC(=O)O)c1ccc(C#N)cc1Cl. The molecule has 0 aliphatic rings. The summed E-state index contributed by atoms with van der Waals surface area (Å²) in [7, 11) is 0. The molecule has 0 spiro atoms. The molecule has 4 nitrogen and oxygen atoms in total. The standard InChI is InChI=1S/C14H17ClN2O2/c1-10(2)17(7-3-4-14(18)19)13-6-5-11(9-16)8-12(13)15/h5-6,8,10H,3-4,7H2,1-2H3,(H,18,19). The Bertz CT molecular complexity index is 495. The lowest BCUT2D eigenvalue weighted by atomic mass is 10.1. The van der Waals surface area contributed by atoms with Crippen molar-refractivity contribution in [1.29, 1.82) is 5.26 Å². The van der Waals surface area contributed by atoms with Gasteiger partial charge in [-0.25, -0.2) is 0 Å². The topological polar surface area (TPSA) is 64.3 Å². The normalized spacial score (nSPS) is 10.3. The number of carboxylic acid groups (broad SMARTS) is 1. The molecule has 0 aromatic heterocycles. The van der Waals surface area contributed by atoms with Crippen LogP contribution in [0.15, 0.2) is 18.2 Å². The van der Waals surface area contributed by atoms with Crippen LogP contribution in [0.2, 0.25) is 5.02 Å². The zero-order valence-corrected chi connectivity index (χ0v) is 11.8. The highest BCUT2D eigenvalue weighted by Gasteiger charge is 2.14. The van der Waals surface area contributed by atoms with Crippen molar-refractivity contribution in [3.05, 3.63) is 28.8 Å². The van der Waals surface area contributed by atoms with E-state index in [9.17, 15) is 4.79 Å². The third-order valence-electron chi connectivity index (χ3n) is 2.80. The Morgan fingerprint density at radius 1 is 1.53 bits per heavy atom. The molecule has 1 N–H and O–H groups in total. The molecular formula is C14H17ClN2O2. The van der Waals surface area contributed by atoms with Gasteiger partial charge in [-0.05, 0) is 38.5 Å². The molecule has 0 aliphatic carbocycles. The van der Waals surface area contributed by atoms with E-state index in [2.05, 4.69) is 0 Å². The molecule has 0 fully saturated rings. The van der Waals surface area contributed by atoms with Gasteiger partial charge in [0.05, 0.1) is 22.3 Å². The second-order valence-electron chi connectivity index (χ2n) is 4.56. The summed E-state index contributed by atoms with van der Waals surface area (Å²) in [5, 5.41) is 18.0. The first kappa shape index (κ1) is 15.3. The van der Waals surface area contributed by atoms with E-state index in [1.54, 1.807) is 12.1 Å². The second kappa shape index (κ2) is 7.01. The van der Waals surface area contributed by atoms with Crippen LogP contribution in [0.25, 0.3) is 0 Å². The van der Waals surface area contributed by atoms with Crippen LogP contribution in [0.4, 0.5) is 5.69 Å². The summed E-state index contributed by atoms with van der Waals surface area (Å²) in [5.41, 5.74) is 1.35. The van der Waals surface area contributed by atoms with Crippen molar-refractivity contribution < 1.29 is 9.90 Å². The Morgan fingerprint density at radius 3 is 2.68 bits per heavy atom. The van der Waals surface area contributed by atoms with Crippen LogP contribution in [-0.4, -0.2) is 23.7 Å². The number of nitriles is 1. The molecule has 0 amide bonds. The highest BCUT2D eigenvalue weighted by Crippen LogP contribution is 2.28. The first-order chi connectivity index (χ1) is 8.95. The third-order valence-corrected chi connectivity index (χ3v) is 3.10. The summed E-state index contributed by atoms with van der Waals surface area (Å²) >= 11 is 6.18. The van der Waals surface area contributed by atoms with E-state index in [0.29, 0.717) is 23.6 Å². The molecule has 1 aromatic rings. The van der Waals surface area contributed by atoms with E-state index in [0.717, 1.165) is 5.69 Å². The van der Waals surface area contributed by atoms with Gasteiger partial charge in [-0.2, -0.15) is 5.26 Å². The summed E-state index contributed by atoms with van der Waals surface area (Å²) < 4.78 is 0. The number of benzene rings is 1. The molecule has 0 saturated heterocycles. The predicted octanol–water partition coefficient (Wildman–Crippen LogP) is 3.29. The van der Waals surface area contributed by atoms with Crippen molar-refractivity contribution in [3.8, 4) is 6.07 Å². The first-order valence-electron chi connectivity index (χ1n) is 6.13. The highest BCUT2D eigenvalue weighted by molar-refractivity contribution is 6.33. The van der Waals surface area contributed by atoms with Gasteiger partial charge in [-0.1, -0.05) is 11.6 Å². The van der Waals surface area contributed by atoms with Gasteiger partial charge in [0.2, 0.25) is 0 Å². The van der Waals surface area contributed by atoms with Crippen LogP contribution in [0.1, 0.15) is 32.3 Å². The van der Waals surface area contributed by atoms with Crippen LogP contribution in [-0.2, 0) is 4.79 Å². The quantitative estimate of drug-likeness (QED) is 0.868. The number of aliphatic carboxylic acids is 1. The fraction of sp³-hybridized carbons (Fsp3) is 0.429. The molecule has 19 heavy (non-hydrogen) atoms. The Morgan fingerprint density at radius 2 is 2.21 bits per heavy atom. The van der Waals surface area contributed by atoms with E-state index < -0.39 is 5.97 Å². The molecule has 0 heterocycles. The summed E-state index contributed by atoms with van der Waals surface area (Å²) in [5.74, 6) is -0.797. The summed E-state index contributed by atoms with van der Waals surface area (Å²) in [6, 6.07) is 7.40. The number of anilines is 1. The monoisotopic (exact) mass is 280 g/mol. The molecular weight excluding hydrogens is 264 g/mol. The van der Waals surface area contributed by atoms with Gasteiger partial charge in [0, 0.05) is 19.0 Å². The maximum atomic E-state index is 10.6. The second-order valence-corrected chi connectivity index (χ2v) is 4.97. The Hall–Kier alpha value is -1.73. The van der Waals surface area contributed by atoms with Gasteiger partial charge < -0.3 is 10.0 Å². The minimum Gasteiger partial charge on any atom is -0.481 e. The van der Waals surface area contributed by atoms with Crippen LogP contribution < -0.4 is 4.90 Å². The van der Waals surface area contributed by atoms with Crippen LogP contribution in [0.3, 0.4) is 0 Å². The van der Waals surface area contributed by atoms with Gasteiger partial charge in [0.1, 0.15) is 0 Å². The Kier molecular flexibility index (Phi) is 5.65. The largest absolute Gasteiger partial charge is 0.481 e. The van der Waals surface area contributed by atoms with E-state index in [1.165, 1.54) is 0 Å². The third kappa shape index (κ3) is 4.46. The lowest BCUT2D eigenvalue weighted by Gasteiger charge is -2.29. The lowest BCUT2D eigenvalue weighted by molar-refractivity contribution is -0.137. The van der Waals surface area contributed by atoms with Gasteiger partial charge in [-0.3, -0.25) is 4.79 Å². The summed E-state index contributed by atoms with van der Waals surface area (Å²) in [6.45, 7) is 4.67. The molecule has 1 rings (SSSR count). The van der Waals surface area contributed by atoms with Crippen molar-refractivity contribution in [1.82, 2.24) is 0 Å². The molecule has 0 atom stereocenters. The van der Waals surface area contributed by atoms with Gasteiger partial charge in [0.25, 0.3) is 0 Å². The van der Waals surface area contributed by atoms with Gasteiger partial charge in [0.15, 0.2) is 0 Å². The molecule has 0 saturated carbocycles. The zero-order chi connectivity index (χ0) is 14.4.